The highest BCUT2D eigenvalue weighted by Gasteiger charge is 2.12. The summed E-state index contributed by atoms with van der Waals surface area (Å²) in [5, 5.41) is 3.81. The van der Waals surface area contributed by atoms with Gasteiger partial charge in [0.1, 0.15) is 0 Å². The van der Waals surface area contributed by atoms with Crippen molar-refractivity contribution in [1.29, 1.82) is 0 Å². The summed E-state index contributed by atoms with van der Waals surface area (Å²) in [5.74, 6) is 0. The highest BCUT2D eigenvalue weighted by Crippen LogP contribution is 2.35. The fourth-order valence-electron chi connectivity index (χ4n) is 2.61. The van der Waals surface area contributed by atoms with Gasteiger partial charge in [-0.1, -0.05) is 54.6 Å². The minimum Gasteiger partial charge on any atom is -0.248 e. The van der Waals surface area contributed by atoms with Crippen LogP contribution in [-0.2, 0) is 0 Å². The van der Waals surface area contributed by atoms with Crippen molar-refractivity contribution in [1.82, 2.24) is 4.98 Å². The number of rotatable bonds is 0. The van der Waals surface area contributed by atoms with Crippen molar-refractivity contribution in [3.63, 3.8) is 0 Å². The molecule has 18 heavy (non-hydrogen) atoms. The van der Waals surface area contributed by atoms with E-state index < -0.39 is 0 Å². The average Bonchev–Trinajstić information content (AvgIpc) is 2.61. The highest BCUT2D eigenvalue weighted by atomic mass is 14.7. The summed E-state index contributed by atoms with van der Waals surface area (Å²) in [6.45, 7) is 0. The van der Waals surface area contributed by atoms with Crippen molar-refractivity contribution in [2.24, 2.45) is 0 Å². The summed E-state index contributed by atoms with van der Waals surface area (Å²) in [4.78, 5) is 4.71. The van der Waals surface area contributed by atoms with Gasteiger partial charge in [-0.3, -0.25) is 0 Å². The van der Waals surface area contributed by atoms with Crippen LogP contribution in [0.3, 0.4) is 0 Å². The van der Waals surface area contributed by atoms with Gasteiger partial charge in [-0.05, 0) is 22.9 Å². The van der Waals surface area contributed by atoms with Crippen molar-refractivity contribution in [3.05, 3.63) is 66.7 Å². The maximum absolute atomic E-state index is 4.71. The van der Waals surface area contributed by atoms with Crippen LogP contribution in [0.5, 0.6) is 0 Å². The minimum atomic E-state index is 1.06. The van der Waals surface area contributed by atoms with E-state index in [2.05, 4.69) is 54.6 Å². The number of hydrogen-bond donors (Lipinski definition) is 0. The predicted octanol–water partition coefficient (Wildman–Crippen LogP) is 4.49. The Hall–Kier alpha value is -2.41. The lowest BCUT2D eigenvalue weighted by atomic mass is 10.0. The zero-order chi connectivity index (χ0) is 11.9. The second kappa shape index (κ2) is 3.54. The van der Waals surface area contributed by atoms with Gasteiger partial charge in [0.2, 0.25) is 0 Å². The summed E-state index contributed by atoms with van der Waals surface area (Å²) >= 11 is 0. The molecule has 0 saturated carbocycles. The van der Waals surface area contributed by atoms with Gasteiger partial charge >= 0.3 is 0 Å². The van der Waals surface area contributed by atoms with E-state index in [1.54, 1.807) is 0 Å². The van der Waals surface area contributed by atoms with Gasteiger partial charge in [0, 0.05) is 10.9 Å². The number of benzene rings is 2. The molecule has 0 bridgehead atoms. The van der Waals surface area contributed by atoms with Crippen molar-refractivity contribution in [3.8, 4) is 11.3 Å². The Labute approximate surface area is 105 Å². The summed E-state index contributed by atoms with van der Waals surface area (Å²) in [6.07, 6.45) is 0. The first-order chi connectivity index (χ1) is 8.93. The Morgan fingerprint density at radius 2 is 1.50 bits per heavy atom. The third-order valence-corrected chi connectivity index (χ3v) is 3.43. The number of hydrogen-bond acceptors (Lipinski definition) is 1. The van der Waals surface area contributed by atoms with E-state index in [4.69, 9.17) is 4.98 Å². The molecule has 0 spiro atoms. The molecule has 1 heteroatoms. The second-order valence-corrected chi connectivity index (χ2v) is 4.50. The van der Waals surface area contributed by atoms with E-state index in [1.165, 1.54) is 21.7 Å². The summed E-state index contributed by atoms with van der Waals surface area (Å²) < 4.78 is 0. The van der Waals surface area contributed by atoms with Gasteiger partial charge in [-0.25, -0.2) is 4.98 Å². The van der Waals surface area contributed by atoms with Crippen LogP contribution < -0.4 is 0 Å². The molecule has 0 N–H and O–H groups in total. The summed E-state index contributed by atoms with van der Waals surface area (Å²) in [7, 11) is 0. The zero-order valence-corrected chi connectivity index (χ0v) is 9.80. The van der Waals surface area contributed by atoms with E-state index in [0.29, 0.717) is 0 Å². The van der Waals surface area contributed by atoms with Crippen LogP contribution in [0, 0.1) is 0 Å². The first kappa shape index (κ1) is 9.60. The van der Waals surface area contributed by atoms with Gasteiger partial charge < -0.3 is 0 Å². The SMILES string of the molecule is c1ccc2nc3ccc4ccccc4c3c-2cc1. The molecule has 2 aromatic carbocycles. The lowest BCUT2D eigenvalue weighted by Crippen LogP contribution is -1.74. The summed E-state index contributed by atoms with van der Waals surface area (Å²) in [5.41, 5.74) is 3.37. The van der Waals surface area contributed by atoms with Crippen LogP contribution in [0.25, 0.3) is 32.9 Å². The van der Waals surface area contributed by atoms with Crippen molar-refractivity contribution in [2.45, 2.75) is 0 Å². The third-order valence-electron chi connectivity index (χ3n) is 3.43. The molecule has 1 aliphatic heterocycles. The van der Waals surface area contributed by atoms with E-state index in [9.17, 15) is 0 Å². The topological polar surface area (TPSA) is 12.9 Å². The molecule has 1 nitrogen and oxygen atoms in total. The van der Waals surface area contributed by atoms with Gasteiger partial charge in [0.05, 0.1) is 11.2 Å². The van der Waals surface area contributed by atoms with E-state index in [0.717, 1.165) is 11.2 Å². The van der Waals surface area contributed by atoms with Crippen LogP contribution >= 0.6 is 0 Å². The van der Waals surface area contributed by atoms with Crippen LogP contribution in [0.4, 0.5) is 0 Å². The zero-order valence-electron chi connectivity index (χ0n) is 9.80. The summed E-state index contributed by atoms with van der Waals surface area (Å²) in [6, 6.07) is 23.1. The van der Waals surface area contributed by atoms with E-state index in [-0.39, 0.29) is 0 Å². The van der Waals surface area contributed by atoms with Gasteiger partial charge in [0.15, 0.2) is 0 Å². The molecule has 0 amide bonds. The smallest absolute Gasteiger partial charge is 0.0722 e. The third kappa shape index (κ3) is 1.25. The number of fused-ring (bicyclic) bond motifs is 5. The molecular formula is C17H11N. The molecule has 0 aromatic heterocycles. The van der Waals surface area contributed by atoms with Crippen molar-refractivity contribution < 1.29 is 0 Å². The second-order valence-electron chi connectivity index (χ2n) is 4.50. The molecule has 2 aromatic rings. The normalized spacial score (nSPS) is 11.3. The average molecular weight is 229 g/mol. The Morgan fingerprint density at radius 1 is 0.667 bits per heavy atom. The quantitative estimate of drug-likeness (QED) is 0.433. The van der Waals surface area contributed by atoms with Gasteiger partial charge in [0.25, 0.3) is 0 Å². The fraction of sp³-hybridized carbons (Fsp3) is 0. The Morgan fingerprint density at radius 3 is 2.50 bits per heavy atom. The molecule has 4 rings (SSSR count). The van der Waals surface area contributed by atoms with Crippen molar-refractivity contribution >= 4 is 21.7 Å². The lowest BCUT2D eigenvalue weighted by molar-refractivity contribution is 1.47. The molecule has 0 radical (unpaired) electrons. The molecule has 0 atom stereocenters. The molecule has 1 aliphatic carbocycles. The maximum Gasteiger partial charge on any atom is 0.0722 e. The van der Waals surface area contributed by atoms with Crippen LogP contribution in [0.15, 0.2) is 66.7 Å². The van der Waals surface area contributed by atoms with E-state index >= 15 is 0 Å². The lowest BCUT2D eigenvalue weighted by Gasteiger charge is -1.99. The van der Waals surface area contributed by atoms with Crippen LogP contribution in [0.2, 0.25) is 0 Å². The molecule has 2 aliphatic rings. The fourth-order valence-corrected chi connectivity index (χ4v) is 2.61. The first-order valence-corrected chi connectivity index (χ1v) is 6.10. The van der Waals surface area contributed by atoms with Gasteiger partial charge in [-0.2, -0.15) is 0 Å². The van der Waals surface area contributed by atoms with E-state index in [1.807, 2.05) is 12.1 Å². The minimum absolute atomic E-state index is 1.06. The molecule has 0 saturated heterocycles. The predicted molar refractivity (Wildman–Crippen MR) is 75.9 cm³/mol. The Kier molecular flexibility index (Phi) is 1.89. The Bertz CT molecular complexity index is 833. The monoisotopic (exact) mass is 229 g/mol. The van der Waals surface area contributed by atoms with Crippen LogP contribution in [0.1, 0.15) is 0 Å². The van der Waals surface area contributed by atoms with Crippen molar-refractivity contribution in [2.75, 3.05) is 0 Å². The number of aromatic nitrogens is 1. The largest absolute Gasteiger partial charge is 0.248 e. The molecular weight excluding hydrogens is 218 g/mol. The standard InChI is InChI=1S/C17H11N/c1-2-8-14-15(9-3-1)18-16-11-10-12-6-4-5-7-13(12)17(14)16/h1-11H. The molecule has 84 valence electrons. The van der Waals surface area contributed by atoms with Crippen LogP contribution in [-0.4, -0.2) is 4.98 Å². The Balaban J connectivity index is 2.30. The first-order valence-electron chi connectivity index (χ1n) is 6.10. The molecule has 0 fully saturated rings. The number of nitrogens with zero attached hydrogens (tertiary/aromatic N) is 1. The molecule has 1 heterocycles. The highest BCUT2D eigenvalue weighted by molar-refractivity contribution is 6.14. The maximum atomic E-state index is 4.71. The molecule has 0 unspecified atom stereocenters. The van der Waals surface area contributed by atoms with Gasteiger partial charge in [-0.15, -0.1) is 0 Å².